The summed E-state index contributed by atoms with van der Waals surface area (Å²) in [7, 11) is -0.252. The lowest BCUT2D eigenvalue weighted by molar-refractivity contribution is -0.148. The molecular formula is C9H11BO5. The molecule has 0 radical (unpaired) electrons. The first-order valence-corrected chi connectivity index (χ1v) is 4.28. The summed E-state index contributed by atoms with van der Waals surface area (Å²) < 4.78 is 4.77. The number of rotatable bonds is 4. The average molecular weight is 210 g/mol. The molecule has 1 aromatic carbocycles. The zero-order valence-electron chi connectivity index (χ0n) is 8.12. The molecule has 0 spiro atoms. The van der Waals surface area contributed by atoms with Crippen molar-refractivity contribution in [1.82, 2.24) is 0 Å². The number of methoxy groups -OCH3 is 1. The van der Waals surface area contributed by atoms with Gasteiger partial charge in [0.05, 0.1) is 0 Å². The van der Waals surface area contributed by atoms with Crippen molar-refractivity contribution in [2.24, 2.45) is 0 Å². The summed E-state index contributed by atoms with van der Waals surface area (Å²) in [4.78, 5) is 10.7. The second kappa shape index (κ2) is 4.93. The van der Waals surface area contributed by atoms with E-state index in [9.17, 15) is 4.79 Å². The van der Waals surface area contributed by atoms with Gasteiger partial charge in [0.25, 0.3) is 0 Å². The lowest BCUT2D eigenvalue weighted by Crippen LogP contribution is -2.29. The molecule has 1 rings (SSSR count). The predicted molar refractivity (Wildman–Crippen MR) is 53.7 cm³/mol. The van der Waals surface area contributed by atoms with E-state index in [4.69, 9.17) is 19.9 Å². The molecule has 0 aromatic heterocycles. The van der Waals surface area contributed by atoms with Crippen LogP contribution in [-0.4, -0.2) is 35.4 Å². The van der Waals surface area contributed by atoms with Gasteiger partial charge in [-0.25, -0.2) is 4.79 Å². The summed E-state index contributed by atoms with van der Waals surface area (Å²) in [6, 6.07) is 5.85. The third-order valence-electron chi connectivity index (χ3n) is 2.00. The van der Waals surface area contributed by atoms with Crippen LogP contribution in [0.5, 0.6) is 0 Å². The lowest BCUT2D eigenvalue weighted by atomic mass is 9.80. The fourth-order valence-electron chi connectivity index (χ4n) is 1.22. The van der Waals surface area contributed by atoms with Gasteiger partial charge in [-0.3, -0.25) is 0 Å². The van der Waals surface area contributed by atoms with Gasteiger partial charge >= 0.3 is 13.1 Å². The monoisotopic (exact) mass is 210 g/mol. The Morgan fingerprint density at radius 1 is 1.33 bits per heavy atom. The van der Waals surface area contributed by atoms with Crippen LogP contribution in [0.4, 0.5) is 0 Å². The number of hydrogen-bond acceptors (Lipinski definition) is 4. The Labute approximate surface area is 87.1 Å². The molecule has 80 valence electrons. The van der Waals surface area contributed by atoms with Crippen LogP contribution < -0.4 is 5.46 Å². The molecule has 15 heavy (non-hydrogen) atoms. The largest absolute Gasteiger partial charge is 0.488 e. The van der Waals surface area contributed by atoms with E-state index in [0.717, 1.165) is 0 Å². The molecule has 0 aliphatic heterocycles. The van der Waals surface area contributed by atoms with Crippen molar-refractivity contribution in [3.05, 3.63) is 29.8 Å². The van der Waals surface area contributed by atoms with Crippen LogP contribution in [0.15, 0.2) is 24.3 Å². The molecule has 3 N–H and O–H groups in total. The first kappa shape index (κ1) is 11.7. The van der Waals surface area contributed by atoms with Crippen LogP contribution in [0, 0.1) is 0 Å². The smallest absolute Gasteiger partial charge is 0.479 e. The van der Waals surface area contributed by atoms with Crippen LogP contribution in [0.25, 0.3) is 0 Å². The second-order valence-electron chi connectivity index (χ2n) is 2.99. The topological polar surface area (TPSA) is 87.0 Å². The van der Waals surface area contributed by atoms with Crippen molar-refractivity contribution in [2.75, 3.05) is 7.11 Å². The van der Waals surface area contributed by atoms with Gasteiger partial charge in [-0.2, -0.15) is 0 Å². The minimum absolute atomic E-state index is 0.305. The average Bonchev–Trinajstić information content (AvgIpc) is 2.19. The van der Waals surface area contributed by atoms with Crippen molar-refractivity contribution in [1.29, 1.82) is 0 Å². The summed E-state index contributed by atoms with van der Waals surface area (Å²) in [5, 5.41) is 26.4. The Morgan fingerprint density at radius 3 is 2.20 bits per heavy atom. The normalized spacial score (nSPS) is 12.2. The van der Waals surface area contributed by atoms with Crippen molar-refractivity contribution >= 4 is 18.6 Å². The predicted octanol–water partition coefficient (Wildman–Crippen LogP) is -0.861. The molecule has 0 saturated carbocycles. The molecule has 0 amide bonds. The minimum Gasteiger partial charge on any atom is -0.479 e. The van der Waals surface area contributed by atoms with Gasteiger partial charge in [0.15, 0.2) is 6.10 Å². The van der Waals surface area contributed by atoms with Gasteiger partial charge in [-0.15, -0.1) is 0 Å². The summed E-state index contributed by atoms with van der Waals surface area (Å²) in [6.07, 6.45) is -1.03. The Morgan fingerprint density at radius 2 is 1.87 bits per heavy atom. The third-order valence-corrected chi connectivity index (χ3v) is 2.00. The highest BCUT2D eigenvalue weighted by Gasteiger charge is 2.19. The molecular weight excluding hydrogens is 199 g/mol. The van der Waals surface area contributed by atoms with Gasteiger partial charge in [0.2, 0.25) is 0 Å². The van der Waals surface area contributed by atoms with Gasteiger partial charge in [0.1, 0.15) is 0 Å². The molecule has 0 fully saturated rings. The van der Waals surface area contributed by atoms with Crippen molar-refractivity contribution in [2.45, 2.75) is 6.10 Å². The van der Waals surface area contributed by atoms with Crippen LogP contribution in [0.1, 0.15) is 11.7 Å². The van der Waals surface area contributed by atoms with Crippen LogP contribution in [-0.2, 0) is 9.53 Å². The maximum absolute atomic E-state index is 10.7. The van der Waals surface area contributed by atoms with Crippen molar-refractivity contribution < 1.29 is 24.7 Å². The Kier molecular flexibility index (Phi) is 3.84. The number of benzene rings is 1. The van der Waals surface area contributed by atoms with E-state index >= 15 is 0 Å². The second-order valence-corrected chi connectivity index (χ2v) is 2.99. The summed E-state index contributed by atoms with van der Waals surface area (Å²) in [6.45, 7) is 0. The summed E-state index contributed by atoms with van der Waals surface area (Å²) >= 11 is 0. The Bertz CT molecular complexity index is 335. The van der Waals surface area contributed by atoms with Gasteiger partial charge in [-0.1, -0.05) is 24.3 Å². The van der Waals surface area contributed by atoms with Gasteiger partial charge in [-0.05, 0) is 11.0 Å². The molecule has 0 bridgehead atoms. The number of carbonyl (C=O) groups is 1. The minimum atomic E-state index is -1.55. The van der Waals surface area contributed by atoms with E-state index in [1.165, 1.54) is 31.4 Å². The van der Waals surface area contributed by atoms with E-state index in [1.807, 2.05) is 0 Å². The maximum atomic E-state index is 10.7. The van der Waals surface area contributed by atoms with Crippen LogP contribution in [0.3, 0.4) is 0 Å². The maximum Gasteiger partial charge on any atom is 0.488 e. The van der Waals surface area contributed by atoms with Crippen LogP contribution in [0.2, 0.25) is 0 Å². The Balaban J connectivity index is 2.92. The number of carboxylic acids is 1. The Hall–Kier alpha value is -1.37. The number of carboxylic acid groups (broad SMARTS) is 1. The van der Waals surface area contributed by atoms with Crippen molar-refractivity contribution in [3.8, 4) is 0 Å². The molecule has 1 unspecified atom stereocenters. The lowest BCUT2D eigenvalue weighted by Gasteiger charge is -2.10. The fraction of sp³-hybridized carbons (Fsp3) is 0.222. The summed E-state index contributed by atoms with van der Waals surface area (Å²) in [5.74, 6) is -1.09. The van der Waals surface area contributed by atoms with E-state index < -0.39 is 19.2 Å². The van der Waals surface area contributed by atoms with Crippen LogP contribution >= 0.6 is 0 Å². The first-order chi connectivity index (χ1) is 7.06. The molecule has 0 aliphatic rings. The van der Waals surface area contributed by atoms with Gasteiger partial charge in [0, 0.05) is 7.11 Å². The first-order valence-electron chi connectivity index (χ1n) is 4.28. The quantitative estimate of drug-likeness (QED) is 0.562. The number of aliphatic carboxylic acids is 1. The number of hydrogen-bond donors (Lipinski definition) is 3. The molecule has 0 heterocycles. The molecule has 1 atom stereocenters. The van der Waals surface area contributed by atoms with Gasteiger partial charge < -0.3 is 19.9 Å². The molecule has 5 nitrogen and oxygen atoms in total. The van der Waals surface area contributed by atoms with E-state index in [1.54, 1.807) is 0 Å². The molecule has 6 heteroatoms. The van der Waals surface area contributed by atoms with E-state index in [-0.39, 0.29) is 0 Å². The summed E-state index contributed by atoms with van der Waals surface area (Å²) in [5.41, 5.74) is 0.758. The number of ether oxygens (including phenoxy) is 1. The molecule has 0 saturated heterocycles. The highest BCUT2D eigenvalue weighted by molar-refractivity contribution is 6.58. The van der Waals surface area contributed by atoms with E-state index in [2.05, 4.69) is 0 Å². The SMILES string of the molecule is COC(C(=O)O)c1ccc(B(O)O)cc1. The zero-order chi connectivity index (χ0) is 11.4. The molecule has 0 aliphatic carbocycles. The standard InChI is InChI=1S/C9H11BO5/c1-15-8(9(11)12)6-2-4-7(5-3-6)10(13)14/h2-5,8,13-14H,1H3,(H,11,12). The highest BCUT2D eigenvalue weighted by atomic mass is 16.5. The highest BCUT2D eigenvalue weighted by Crippen LogP contribution is 2.15. The zero-order valence-corrected chi connectivity index (χ0v) is 8.12. The molecule has 1 aromatic rings. The van der Waals surface area contributed by atoms with E-state index in [0.29, 0.717) is 11.0 Å². The fourth-order valence-corrected chi connectivity index (χ4v) is 1.22. The van der Waals surface area contributed by atoms with Crippen molar-refractivity contribution in [3.63, 3.8) is 0 Å². The third kappa shape index (κ3) is 2.79.